The second-order valence-electron chi connectivity index (χ2n) is 6.47. The van der Waals surface area contributed by atoms with Crippen molar-refractivity contribution in [3.05, 3.63) is 18.0 Å². The first kappa shape index (κ1) is 16.5. The van der Waals surface area contributed by atoms with Crippen LogP contribution >= 0.6 is 0 Å². The highest BCUT2D eigenvalue weighted by molar-refractivity contribution is 5.10. The molecule has 1 aliphatic carbocycles. The number of nitrogens with one attached hydrogen (secondary N) is 1. The highest BCUT2D eigenvalue weighted by Crippen LogP contribution is 2.37. The molecule has 0 spiro atoms. The topological polar surface area (TPSA) is 39.1 Å². The first-order valence-electron chi connectivity index (χ1n) is 8.43. The average molecular weight is 293 g/mol. The normalized spacial score (nSPS) is 27.7. The molecule has 1 aliphatic rings. The second kappa shape index (κ2) is 7.41. The number of likely N-dealkylation sites (N-methyl/N-ethyl adjacent to an activating group) is 1. The maximum atomic E-state index is 6.06. The van der Waals surface area contributed by atoms with Crippen LogP contribution in [0.1, 0.15) is 52.0 Å². The van der Waals surface area contributed by atoms with E-state index in [1.54, 1.807) is 0 Å². The van der Waals surface area contributed by atoms with Gasteiger partial charge in [-0.3, -0.25) is 4.68 Å². The molecule has 1 fully saturated rings. The van der Waals surface area contributed by atoms with E-state index in [0.29, 0.717) is 6.04 Å². The Hall–Kier alpha value is -0.870. The minimum Gasteiger partial charge on any atom is -0.377 e. The van der Waals surface area contributed by atoms with Crippen molar-refractivity contribution in [1.29, 1.82) is 0 Å². The molecule has 0 bridgehead atoms. The van der Waals surface area contributed by atoms with E-state index >= 15 is 0 Å². The largest absolute Gasteiger partial charge is 0.377 e. The molecule has 1 unspecified atom stereocenters. The maximum absolute atomic E-state index is 6.06. The molecule has 0 aliphatic heterocycles. The summed E-state index contributed by atoms with van der Waals surface area (Å²) < 4.78 is 8.06. The lowest BCUT2D eigenvalue weighted by Gasteiger charge is -2.44. The van der Waals surface area contributed by atoms with E-state index in [9.17, 15) is 0 Å². The van der Waals surface area contributed by atoms with Gasteiger partial charge < -0.3 is 10.1 Å². The van der Waals surface area contributed by atoms with E-state index in [1.807, 2.05) is 18.0 Å². The fraction of sp³-hybridized carbons (Fsp3) is 0.824. The molecule has 1 N–H and O–H groups in total. The Kier molecular flexibility index (Phi) is 5.82. The van der Waals surface area contributed by atoms with Crippen molar-refractivity contribution in [3.8, 4) is 0 Å². The van der Waals surface area contributed by atoms with Gasteiger partial charge in [0.25, 0.3) is 0 Å². The monoisotopic (exact) mass is 293 g/mol. The third-order valence-electron chi connectivity index (χ3n) is 5.06. The summed E-state index contributed by atoms with van der Waals surface area (Å²) in [6, 6.07) is 0.370. The number of aromatic nitrogens is 2. The molecule has 1 saturated carbocycles. The van der Waals surface area contributed by atoms with Crippen LogP contribution in [0.3, 0.4) is 0 Å². The summed E-state index contributed by atoms with van der Waals surface area (Å²) >= 11 is 0. The van der Waals surface area contributed by atoms with Gasteiger partial charge in [0.2, 0.25) is 0 Å². The number of methoxy groups -OCH3 is 1. The van der Waals surface area contributed by atoms with Crippen molar-refractivity contribution in [1.82, 2.24) is 15.1 Å². The molecular formula is C17H31N3O. The average Bonchev–Trinajstić information content (AvgIpc) is 2.96. The third-order valence-corrected chi connectivity index (χ3v) is 5.06. The van der Waals surface area contributed by atoms with Gasteiger partial charge in [0, 0.05) is 25.9 Å². The summed E-state index contributed by atoms with van der Waals surface area (Å²) in [4.78, 5) is 0. The summed E-state index contributed by atoms with van der Waals surface area (Å²) in [5, 5.41) is 8.07. The molecule has 120 valence electrons. The second-order valence-corrected chi connectivity index (χ2v) is 6.47. The standard InChI is InChI=1S/C17H31N3O/c1-5-18-16(11-15-12-19-20(6-2)13-15)17(21-4)9-7-14(3)8-10-17/h12-14,16,18H,5-11H2,1-4H3. The summed E-state index contributed by atoms with van der Waals surface area (Å²) in [5.41, 5.74) is 1.29. The number of aryl methyl sites for hydroxylation is 1. The van der Waals surface area contributed by atoms with E-state index < -0.39 is 0 Å². The first-order valence-corrected chi connectivity index (χ1v) is 8.43. The van der Waals surface area contributed by atoms with Crippen molar-refractivity contribution in [3.63, 3.8) is 0 Å². The molecule has 0 saturated heterocycles. The lowest BCUT2D eigenvalue weighted by molar-refractivity contribution is -0.0742. The summed E-state index contributed by atoms with van der Waals surface area (Å²) in [6.45, 7) is 8.56. The van der Waals surface area contributed by atoms with Crippen LogP contribution in [0.15, 0.2) is 12.4 Å². The Bertz CT molecular complexity index is 421. The van der Waals surface area contributed by atoms with Crippen LogP contribution in [0.25, 0.3) is 0 Å². The SMILES string of the molecule is CCNC(Cc1cnn(CC)c1)C1(OC)CCC(C)CC1. The smallest absolute Gasteiger partial charge is 0.0834 e. The highest BCUT2D eigenvalue weighted by atomic mass is 16.5. The predicted molar refractivity (Wildman–Crippen MR) is 86.4 cm³/mol. The van der Waals surface area contributed by atoms with Crippen LogP contribution in [0.4, 0.5) is 0 Å². The van der Waals surface area contributed by atoms with Gasteiger partial charge in [-0.15, -0.1) is 0 Å². The van der Waals surface area contributed by atoms with Gasteiger partial charge in [0.15, 0.2) is 0 Å². The number of ether oxygens (including phenoxy) is 1. The van der Waals surface area contributed by atoms with Gasteiger partial charge in [-0.05, 0) is 57.1 Å². The summed E-state index contributed by atoms with van der Waals surface area (Å²) in [5.74, 6) is 0.832. The Morgan fingerprint density at radius 1 is 1.43 bits per heavy atom. The van der Waals surface area contributed by atoms with Crippen LogP contribution in [0.5, 0.6) is 0 Å². The van der Waals surface area contributed by atoms with E-state index in [1.165, 1.54) is 18.4 Å². The molecule has 21 heavy (non-hydrogen) atoms. The molecule has 1 aromatic rings. The van der Waals surface area contributed by atoms with Crippen molar-refractivity contribution in [2.24, 2.45) is 5.92 Å². The van der Waals surface area contributed by atoms with Gasteiger partial charge in [0.05, 0.1) is 11.8 Å². The van der Waals surface area contributed by atoms with Crippen LogP contribution in [-0.2, 0) is 17.7 Å². The van der Waals surface area contributed by atoms with Gasteiger partial charge in [-0.1, -0.05) is 13.8 Å². The molecule has 4 nitrogen and oxygen atoms in total. The first-order chi connectivity index (χ1) is 10.1. The lowest BCUT2D eigenvalue weighted by Crippen LogP contribution is -2.54. The molecule has 1 aromatic heterocycles. The predicted octanol–water partition coefficient (Wildman–Crippen LogP) is 3.02. The Morgan fingerprint density at radius 3 is 2.67 bits per heavy atom. The quantitative estimate of drug-likeness (QED) is 0.840. The fourth-order valence-electron chi connectivity index (χ4n) is 3.56. The van der Waals surface area contributed by atoms with Crippen LogP contribution in [0.2, 0.25) is 0 Å². The zero-order valence-electron chi connectivity index (χ0n) is 14.1. The molecule has 2 rings (SSSR count). The molecule has 1 heterocycles. The maximum Gasteiger partial charge on any atom is 0.0834 e. The molecule has 1 atom stereocenters. The summed E-state index contributed by atoms with van der Waals surface area (Å²) in [7, 11) is 1.88. The van der Waals surface area contributed by atoms with E-state index in [0.717, 1.165) is 38.3 Å². The fourth-order valence-corrected chi connectivity index (χ4v) is 3.56. The van der Waals surface area contributed by atoms with Crippen molar-refractivity contribution >= 4 is 0 Å². The van der Waals surface area contributed by atoms with Crippen LogP contribution < -0.4 is 5.32 Å². The number of nitrogens with zero attached hydrogens (tertiary/aromatic N) is 2. The minimum atomic E-state index is -0.0170. The molecule has 4 heteroatoms. The van der Waals surface area contributed by atoms with Crippen molar-refractivity contribution < 1.29 is 4.74 Å². The molecule has 0 aromatic carbocycles. The third kappa shape index (κ3) is 3.86. The highest BCUT2D eigenvalue weighted by Gasteiger charge is 2.41. The molecule has 0 radical (unpaired) electrons. The van der Waals surface area contributed by atoms with Gasteiger partial charge in [0.1, 0.15) is 0 Å². The van der Waals surface area contributed by atoms with Crippen molar-refractivity contribution in [2.45, 2.75) is 71.1 Å². The Labute approximate surface area is 129 Å². The van der Waals surface area contributed by atoms with E-state index in [2.05, 4.69) is 37.4 Å². The minimum absolute atomic E-state index is 0.0170. The zero-order valence-corrected chi connectivity index (χ0v) is 14.1. The molecular weight excluding hydrogens is 262 g/mol. The zero-order chi connectivity index (χ0) is 15.3. The van der Waals surface area contributed by atoms with Gasteiger partial charge in [-0.2, -0.15) is 5.10 Å². The van der Waals surface area contributed by atoms with Crippen LogP contribution in [-0.4, -0.2) is 35.1 Å². The number of hydrogen-bond donors (Lipinski definition) is 1. The number of hydrogen-bond acceptors (Lipinski definition) is 3. The Balaban J connectivity index is 2.12. The van der Waals surface area contributed by atoms with Crippen molar-refractivity contribution in [2.75, 3.05) is 13.7 Å². The Morgan fingerprint density at radius 2 is 2.14 bits per heavy atom. The molecule has 0 amide bonds. The van der Waals surface area contributed by atoms with Gasteiger partial charge >= 0.3 is 0 Å². The van der Waals surface area contributed by atoms with Gasteiger partial charge in [-0.25, -0.2) is 0 Å². The lowest BCUT2D eigenvalue weighted by atomic mass is 9.74. The number of rotatable bonds is 7. The summed E-state index contributed by atoms with van der Waals surface area (Å²) in [6.07, 6.45) is 10.0. The van der Waals surface area contributed by atoms with E-state index in [4.69, 9.17) is 4.74 Å². The van der Waals surface area contributed by atoms with Crippen LogP contribution in [0, 0.1) is 5.92 Å². The van der Waals surface area contributed by atoms with E-state index in [-0.39, 0.29) is 5.60 Å².